The number of ketones is 2. The molecule has 2 atom stereocenters. The summed E-state index contributed by atoms with van der Waals surface area (Å²) in [7, 11) is 0. The number of aromatic amines is 1. The van der Waals surface area contributed by atoms with Crippen molar-refractivity contribution in [3.63, 3.8) is 0 Å². The van der Waals surface area contributed by atoms with Crippen molar-refractivity contribution in [3.05, 3.63) is 80.8 Å². The van der Waals surface area contributed by atoms with Crippen LogP contribution < -0.4 is 5.32 Å². The average Bonchev–Trinajstić information content (AvgIpc) is 3.27. The maximum Gasteiger partial charge on any atom is 0.195 e. The molecular formula is C22H24N2O2S. The largest absolute Gasteiger partial charge is 0.355 e. The number of carbonyl (C=O) groups is 2. The van der Waals surface area contributed by atoms with Crippen molar-refractivity contribution in [1.82, 2.24) is 10.3 Å². The van der Waals surface area contributed by atoms with Crippen molar-refractivity contribution >= 4 is 22.9 Å². The van der Waals surface area contributed by atoms with Crippen LogP contribution in [-0.4, -0.2) is 22.6 Å². The van der Waals surface area contributed by atoms with Crippen LogP contribution in [0.4, 0.5) is 0 Å². The number of nitrogens with one attached hydrogen (secondary N) is 2. The quantitative estimate of drug-likeness (QED) is 0.576. The standard InChI is InChI=1S/C22H24N2O2S/c1-13-19(16(4)25)14(2)23-20(13)22(26)15(3)24-21(18-11-8-12-27-18)17-9-6-5-7-10-17/h5-12,15,21,23-24H,1-4H3/t15-,21-/m0/s1. The maximum atomic E-state index is 13.1. The van der Waals surface area contributed by atoms with Gasteiger partial charge in [0.1, 0.15) is 0 Å². The third-order valence-corrected chi connectivity index (χ3v) is 5.74. The number of Topliss-reactive ketones (excluding diaryl/α,β-unsaturated/α-hetero) is 2. The van der Waals surface area contributed by atoms with E-state index in [-0.39, 0.29) is 17.6 Å². The first-order valence-corrected chi connectivity index (χ1v) is 9.86. The molecule has 0 saturated heterocycles. The zero-order chi connectivity index (χ0) is 19.6. The van der Waals surface area contributed by atoms with Crippen LogP contribution in [0.1, 0.15) is 62.4 Å². The van der Waals surface area contributed by atoms with Crippen LogP contribution in [0, 0.1) is 13.8 Å². The van der Waals surface area contributed by atoms with Crippen molar-refractivity contribution in [2.45, 2.75) is 39.8 Å². The summed E-state index contributed by atoms with van der Waals surface area (Å²) in [6.07, 6.45) is 0. The predicted molar refractivity (Wildman–Crippen MR) is 110 cm³/mol. The lowest BCUT2D eigenvalue weighted by Gasteiger charge is -2.22. The van der Waals surface area contributed by atoms with Crippen LogP contribution in [-0.2, 0) is 0 Å². The van der Waals surface area contributed by atoms with Gasteiger partial charge in [-0.1, -0.05) is 36.4 Å². The fourth-order valence-electron chi connectivity index (χ4n) is 3.51. The Morgan fingerprint density at radius 3 is 2.33 bits per heavy atom. The minimum absolute atomic E-state index is 0.0262. The molecule has 2 heterocycles. The minimum Gasteiger partial charge on any atom is -0.355 e. The second kappa shape index (κ2) is 8.03. The highest BCUT2D eigenvalue weighted by Crippen LogP contribution is 2.27. The van der Waals surface area contributed by atoms with E-state index >= 15 is 0 Å². The van der Waals surface area contributed by atoms with Gasteiger partial charge in [-0.2, -0.15) is 0 Å². The molecule has 0 radical (unpaired) electrons. The van der Waals surface area contributed by atoms with Crippen molar-refractivity contribution in [2.24, 2.45) is 0 Å². The van der Waals surface area contributed by atoms with Gasteiger partial charge < -0.3 is 4.98 Å². The number of thiophene rings is 1. The zero-order valence-corrected chi connectivity index (χ0v) is 16.8. The topological polar surface area (TPSA) is 62.0 Å². The Labute approximate surface area is 163 Å². The van der Waals surface area contributed by atoms with E-state index in [9.17, 15) is 9.59 Å². The summed E-state index contributed by atoms with van der Waals surface area (Å²) in [4.78, 5) is 29.2. The fraction of sp³-hybridized carbons (Fsp3) is 0.273. The Morgan fingerprint density at radius 2 is 1.78 bits per heavy atom. The smallest absolute Gasteiger partial charge is 0.195 e. The molecule has 5 heteroatoms. The molecule has 0 aliphatic rings. The third-order valence-electron chi connectivity index (χ3n) is 4.81. The lowest BCUT2D eigenvalue weighted by molar-refractivity contribution is 0.0942. The Morgan fingerprint density at radius 1 is 1.07 bits per heavy atom. The molecule has 0 aliphatic heterocycles. The molecule has 2 N–H and O–H groups in total. The van der Waals surface area contributed by atoms with Gasteiger partial charge in [0.05, 0.1) is 17.8 Å². The molecule has 0 amide bonds. The fourth-order valence-corrected chi connectivity index (χ4v) is 4.32. The average molecular weight is 381 g/mol. The molecule has 0 fully saturated rings. The first kappa shape index (κ1) is 19.3. The van der Waals surface area contributed by atoms with E-state index in [0.29, 0.717) is 11.3 Å². The van der Waals surface area contributed by atoms with Crippen molar-refractivity contribution in [3.8, 4) is 0 Å². The number of aryl methyl sites for hydroxylation is 1. The third kappa shape index (κ3) is 3.94. The summed E-state index contributed by atoms with van der Waals surface area (Å²) in [6, 6.07) is 13.7. The second-order valence-electron chi connectivity index (χ2n) is 6.79. The molecular weight excluding hydrogens is 356 g/mol. The molecule has 0 unspecified atom stereocenters. The first-order chi connectivity index (χ1) is 12.9. The molecule has 140 valence electrons. The molecule has 0 saturated carbocycles. The van der Waals surface area contributed by atoms with Crippen LogP contribution in [0.5, 0.6) is 0 Å². The molecule has 3 rings (SSSR count). The number of carbonyl (C=O) groups excluding carboxylic acids is 2. The van der Waals surface area contributed by atoms with Gasteiger partial charge in [-0.05, 0) is 50.3 Å². The van der Waals surface area contributed by atoms with Crippen molar-refractivity contribution in [1.29, 1.82) is 0 Å². The van der Waals surface area contributed by atoms with E-state index in [1.807, 2.05) is 50.4 Å². The van der Waals surface area contributed by atoms with Crippen molar-refractivity contribution in [2.75, 3.05) is 0 Å². The van der Waals surface area contributed by atoms with Gasteiger partial charge in [-0.3, -0.25) is 14.9 Å². The van der Waals surface area contributed by atoms with Gasteiger partial charge in [0.2, 0.25) is 0 Å². The Balaban J connectivity index is 1.88. The number of H-pyrrole nitrogens is 1. The van der Waals surface area contributed by atoms with E-state index < -0.39 is 6.04 Å². The number of hydrogen-bond donors (Lipinski definition) is 2. The van der Waals surface area contributed by atoms with Crippen LogP contribution in [0.15, 0.2) is 47.8 Å². The zero-order valence-electron chi connectivity index (χ0n) is 16.0. The molecule has 3 aromatic rings. The second-order valence-corrected chi connectivity index (χ2v) is 7.77. The predicted octanol–water partition coefficient (Wildman–Crippen LogP) is 4.85. The van der Waals surface area contributed by atoms with Gasteiger partial charge in [-0.15, -0.1) is 11.3 Å². The number of hydrogen-bond acceptors (Lipinski definition) is 4. The van der Waals surface area contributed by atoms with Gasteiger partial charge in [-0.25, -0.2) is 0 Å². The number of aromatic nitrogens is 1. The van der Waals surface area contributed by atoms with Gasteiger partial charge in [0.15, 0.2) is 11.6 Å². The Bertz CT molecular complexity index is 942. The SMILES string of the molecule is CC(=O)c1c(C)[nH]c(C(=O)[C@H](C)N[C@@H](c2ccccc2)c2cccs2)c1C. The van der Waals surface area contributed by atoms with Gasteiger partial charge >= 0.3 is 0 Å². The normalized spacial score (nSPS) is 13.3. The minimum atomic E-state index is -0.408. The van der Waals surface area contributed by atoms with Gasteiger partial charge in [0.25, 0.3) is 0 Å². The summed E-state index contributed by atoms with van der Waals surface area (Å²) in [5, 5.41) is 5.51. The van der Waals surface area contributed by atoms with Gasteiger partial charge in [0, 0.05) is 16.1 Å². The lowest BCUT2D eigenvalue weighted by Crippen LogP contribution is -2.37. The molecule has 0 aliphatic carbocycles. The summed E-state index contributed by atoms with van der Waals surface area (Å²) >= 11 is 1.66. The highest BCUT2D eigenvalue weighted by Gasteiger charge is 2.26. The highest BCUT2D eigenvalue weighted by atomic mass is 32.1. The van der Waals surface area contributed by atoms with Crippen molar-refractivity contribution < 1.29 is 9.59 Å². The van der Waals surface area contributed by atoms with E-state index in [1.54, 1.807) is 11.3 Å². The van der Waals surface area contributed by atoms with Crippen LogP contribution in [0.3, 0.4) is 0 Å². The Hall–Kier alpha value is -2.50. The molecule has 0 bridgehead atoms. The number of benzene rings is 1. The van der Waals surface area contributed by atoms with Crippen LogP contribution in [0.2, 0.25) is 0 Å². The monoisotopic (exact) mass is 380 g/mol. The summed E-state index contributed by atoms with van der Waals surface area (Å²) in [5.74, 6) is -0.0674. The number of rotatable bonds is 7. The van der Waals surface area contributed by atoms with E-state index in [4.69, 9.17) is 0 Å². The maximum absolute atomic E-state index is 13.1. The molecule has 27 heavy (non-hydrogen) atoms. The lowest BCUT2D eigenvalue weighted by atomic mass is 10.0. The highest BCUT2D eigenvalue weighted by molar-refractivity contribution is 7.10. The molecule has 1 aromatic carbocycles. The molecule has 0 spiro atoms. The first-order valence-electron chi connectivity index (χ1n) is 8.98. The molecule has 4 nitrogen and oxygen atoms in total. The van der Waals surface area contributed by atoms with E-state index in [1.165, 1.54) is 6.92 Å². The Kier molecular flexibility index (Phi) is 5.73. The van der Waals surface area contributed by atoms with Crippen LogP contribution >= 0.6 is 11.3 Å². The summed E-state index contributed by atoms with van der Waals surface area (Å²) in [6.45, 7) is 7.06. The summed E-state index contributed by atoms with van der Waals surface area (Å²) < 4.78 is 0. The van der Waals surface area contributed by atoms with E-state index in [0.717, 1.165) is 21.7 Å². The van der Waals surface area contributed by atoms with E-state index in [2.05, 4.69) is 28.5 Å². The molecule has 2 aromatic heterocycles. The van der Waals surface area contributed by atoms with Crippen LogP contribution in [0.25, 0.3) is 0 Å². The summed E-state index contributed by atoms with van der Waals surface area (Å²) in [5.41, 5.74) is 3.71.